The molecule has 2 N–H and O–H groups in total. The number of aromatic amines is 1. The van der Waals surface area contributed by atoms with E-state index in [4.69, 9.17) is 0 Å². The van der Waals surface area contributed by atoms with E-state index in [2.05, 4.69) is 4.98 Å². The number of aliphatic carboxylic acids is 1. The second-order valence-electron chi connectivity index (χ2n) is 5.94. The van der Waals surface area contributed by atoms with Crippen LogP contribution in [0.2, 0.25) is 0 Å². The van der Waals surface area contributed by atoms with Crippen LogP contribution in [0.3, 0.4) is 0 Å². The SMILES string of the molecule is O=C(O)C1CC2CCCCC2N1C(=O)c1cc([N+](=O)[O-])c[nH]1. The van der Waals surface area contributed by atoms with E-state index in [-0.39, 0.29) is 23.3 Å². The molecule has 2 heterocycles. The monoisotopic (exact) mass is 307 g/mol. The van der Waals surface area contributed by atoms with E-state index < -0.39 is 22.8 Å². The van der Waals surface area contributed by atoms with Crippen molar-refractivity contribution in [3.05, 3.63) is 28.1 Å². The van der Waals surface area contributed by atoms with Crippen LogP contribution in [-0.4, -0.2) is 43.9 Å². The Morgan fingerprint density at radius 2 is 2.09 bits per heavy atom. The highest BCUT2D eigenvalue weighted by Gasteiger charge is 2.48. The number of H-pyrrole nitrogens is 1. The molecule has 0 spiro atoms. The zero-order valence-corrected chi connectivity index (χ0v) is 11.9. The van der Waals surface area contributed by atoms with E-state index >= 15 is 0 Å². The summed E-state index contributed by atoms with van der Waals surface area (Å²) in [6, 6.07) is 0.241. The molecular formula is C14H17N3O5. The zero-order chi connectivity index (χ0) is 15.9. The molecule has 2 aliphatic rings. The number of carbonyl (C=O) groups is 2. The first-order valence-electron chi connectivity index (χ1n) is 7.37. The minimum Gasteiger partial charge on any atom is -0.480 e. The number of nitrogens with one attached hydrogen (secondary N) is 1. The van der Waals surface area contributed by atoms with Gasteiger partial charge in [-0.25, -0.2) is 4.79 Å². The molecule has 3 unspecified atom stereocenters. The number of carboxylic acids is 1. The molecule has 118 valence electrons. The van der Waals surface area contributed by atoms with Crippen LogP contribution in [0.1, 0.15) is 42.6 Å². The van der Waals surface area contributed by atoms with Crippen molar-refractivity contribution in [2.75, 3.05) is 0 Å². The molecule has 1 aliphatic heterocycles. The summed E-state index contributed by atoms with van der Waals surface area (Å²) in [4.78, 5) is 38.3. The number of fused-ring (bicyclic) bond motifs is 1. The molecule has 0 aromatic carbocycles. The van der Waals surface area contributed by atoms with E-state index in [0.717, 1.165) is 37.9 Å². The first-order valence-corrected chi connectivity index (χ1v) is 7.37. The summed E-state index contributed by atoms with van der Waals surface area (Å²) in [6.07, 6.45) is 5.38. The van der Waals surface area contributed by atoms with Crippen LogP contribution in [0.25, 0.3) is 0 Å². The molecule has 3 atom stereocenters. The second-order valence-corrected chi connectivity index (χ2v) is 5.94. The van der Waals surface area contributed by atoms with E-state index in [1.54, 1.807) is 0 Å². The summed E-state index contributed by atoms with van der Waals surface area (Å²) in [5, 5.41) is 20.1. The summed E-state index contributed by atoms with van der Waals surface area (Å²) >= 11 is 0. The number of carbonyl (C=O) groups excluding carboxylic acids is 1. The molecule has 1 saturated heterocycles. The number of rotatable bonds is 3. The fourth-order valence-electron chi connectivity index (χ4n) is 3.72. The van der Waals surface area contributed by atoms with Crippen molar-refractivity contribution in [2.24, 2.45) is 5.92 Å². The number of likely N-dealkylation sites (tertiary alicyclic amines) is 1. The van der Waals surface area contributed by atoms with Gasteiger partial charge in [0.05, 0.1) is 11.1 Å². The highest BCUT2D eigenvalue weighted by molar-refractivity contribution is 5.96. The third-order valence-corrected chi connectivity index (χ3v) is 4.72. The standard InChI is InChI=1S/C14H17N3O5/c18-13(10-6-9(7-15-10)17(21)22)16-11-4-2-1-3-8(11)5-12(16)14(19)20/h6-8,11-12,15H,1-5H2,(H,19,20). The van der Waals surface area contributed by atoms with Gasteiger partial charge in [0.1, 0.15) is 11.7 Å². The highest BCUT2D eigenvalue weighted by Crippen LogP contribution is 2.40. The van der Waals surface area contributed by atoms with Crippen molar-refractivity contribution in [1.29, 1.82) is 0 Å². The molecule has 3 rings (SSSR count). The molecule has 1 aliphatic carbocycles. The summed E-state index contributed by atoms with van der Waals surface area (Å²) < 4.78 is 0. The van der Waals surface area contributed by atoms with Crippen LogP contribution in [-0.2, 0) is 4.79 Å². The van der Waals surface area contributed by atoms with Gasteiger partial charge in [-0.05, 0) is 25.2 Å². The summed E-state index contributed by atoms with van der Waals surface area (Å²) in [6.45, 7) is 0. The van der Waals surface area contributed by atoms with Crippen LogP contribution >= 0.6 is 0 Å². The third-order valence-electron chi connectivity index (χ3n) is 4.72. The van der Waals surface area contributed by atoms with Gasteiger partial charge < -0.3 is 15.0 Å². The first-order chi connectivity index (χ1) is 10.5. The Labute approximate surface area is 126 Å². The Bertz CT molecular complexity index is 626. The van der Waals surface area contributed by atoms with Gasteiger partial charge >= 0.3 is 5.97 Å². The van der Waals surface area contributed by atoms with Gasteiger partial charge in [-0.3, -0.25) is 14.9 Å². The maximum Gasteiger partial charge on any atom is 0.326 e. The lowest BCUT2D eigenvalue weighted by molar-refractivity contribution is -0.384. The van der Waals surface area contributed by atoms with Crippen LogP contribution in [0, 0.1) is 16.0 Å². The van der Waals surface area contributed by atoms with Gasteiger partial charge in [0.25, 0.3) is 11.6 Å². The molecule has 1 saturated carbocycles. The number of hydrogen-bond donors (Lipinski definition) is 2. The Hall–Kier alpha value is -2.38. The quantitative estimate of drug-likeness (QED) is 0.652. The van der Waals surface area contributed by atoms with Gasteiger partial charge in [0.15, 0.2) is 0 Å². The molecular weight excluding hydrogens is 290 g/mol. The highest BCUT2D eigenvalue weighted by atomic mass is 16.6. The maximum absolute atomic E-state index is 12.7. The summed E-state index contributed by atoms with van der Waals surface area (Å²) in [5.74, 6) is -1.26. The Balaban J connectivity index is 1.89. The fraction of sp³-hybridized carbons (Fsp3) is 0.571. The van der Waals surface area contributed by atoms with Gasteiger partial charge in [0, 0.05) is 12.1 Å². The average molecular weight is 307 g/mol. The predicted molar refractivity (Wildman–Crippen MR) is 75.4 cm³/mol. The Kier molecular flexibility index (Phi) is 3.59. The lowest BCUT2D eigenvalue weighted by atomic mass is 9.84. The van der Waals surface area contributed by atoms with E-state index in [1.807, 2.05) is 0 Å². The predicted octanol–water partition coefficient (Wildman–Crippen LogP) is 1.78. The van der Waals surface area contributed by atoms with Crippen LogP contribution in [0.4, 0.5) is 5.69 Å². The zero-order valence-electron chi connectivity index (χ0n) is 11.9. The summed E-state index contributed by atoms with van der Waals surface area (Å²) in [7, 11) is 0. The van der Waals surface area contributed by atoms with Crippen LogP contribution in [0.5, 0.6) is 0 Å². The van der Waals surface area contributed by atoms with Crippen molar-refractivity contribution >= 4 is 17.6 Å². The molecule has 2 fully saturated rings. The molecule has 8 nitrogen and oxygen atoms in total. The molecule has 0 radical (unpaired) electrons. The molecule has 1 aromatic heterocycles. The Morgan fingerprint density at radius 3 is 2.73 bits per heavy atom. The number of nitro groups is 1. The van der Waals surface area contributed by atoms with Crippen LogP contribution < -0.4 is 0 Å². The molecule has 0 bridgehead atoms. The fourth-order valence-corrected chi connectivity index (χ4v) is 3.72. The van der Waals surface area contributed by atoms with Gasteiger partial charge in [-0.1, -0.05) is 12.8 Å². The van der Waals surface area contributed by atoms with Crippen molar-refractivity contribution < 1.29 is 19.6 Å². The van der Waals surface area contributed by atoms with Gasteiger partial charge in [-0.2, -0.15) is 0 Å². The van der Waals surface area contributed by atoms with Crippen molar-refractivity contribution in [3.63, 3.8) is 0 Å². The summed E-state index contributed by atoms with van der Waals surface area (Å²) in [5.41, 5.74) is -0.126. The first kappa shape index (κ1) is 14.6. The number of nitrogens with zero attached hydrogens (tertiary/aromatic N) is 2. The molecule has 1 aromatic rings. The number of aromatic nitrogens is 1. The lowest BCUT2D eigenvalue weighted by Crippen LogP contribution is -2.46. The van der Waals surface area contributed by atoms with E-state index in [1.165, 1.54) is 4.90 Å². The molecule has 22 heavy (non-hydrogen) atoms. The van der Waals surface area contributed by atoms with Crippen molar-refractivity contribution in [1.82, 2.24) is 9.88 Å². The number of carboxylic acid groups (broad SMARTS) is 1. The van der Waals surface area contributed by atoms with E-state index in [9.17, 15) is 24.8 Å². The number of hydrogen-bond acceptors (Lipinski definition) is 4. The van der Waals surface area contributed by atoms with Gasteiger partial charge in [-0.15, -0.1) is 0 Å². The average Bonchev–Trinajstić information content (AvgIpc) is 3.11. The van der Waals surface area contributed by atoms with Crippen molar-refractivity contribution in [2.45, 2.75) is 44.2 Å². The van der Waals surface area contributed by atoms with Crippen LogP contribution in [0.15, 0.2) is 12.3 Å². The largest absolute Gasteiger partial charge is 0.480 e. The smallest absolute Gasteiger partial charge is 0.326 e. The minimum atomic E-state index is -1.01. The molecule has 1 amide bonds. The second kappa shape index (κ2) is 5.43. The lowest BCUT2D eigenvalue weighted by Gasteiger charge is -2.32. The minimum absolute atomic E-state index is 0.0733. The third kappa shape index (κ3) is 2.34. The maximum atomic E-state index is 12.7. The topological polar surface area (TPSA) is 117 Å². The van der Waals surface area contributed by atoms with Crippen molar-refractivity contribution in [3.8, 4) is 0 Å². The molecule has 8 heteroatoms. The number of amides is 1. The van der Waals surface area contributed by atoms with Gasteiger partial charge in [0.2, 0.25) is 0 Å². The Morgan fingerprint density at radius 1 is 1.36 bits per heavy atom. The normalized spacial score (nSPS) is 27.5. The van der Waals surface area contributed by atoms with E-state index in [0.29, 0.717) is 6.42 Å².